The van der Waals surface area contributed by atoms with Crippen molar-refractivity contribution in [2.75, 3.05) is 25.2 Å². The lowest BCUT2D eigenvalue weighted by Gasteiger charge is -2.13. The molecule has 21 heavy (non-hydrogen) atoms. The first-order valence-electron chi connectivity index (χ1n) is 6.83. The van der Waals surface area contributed by atoms with Gasteiger partial charge in [0.25, 0.3) is 0 Å². The van der Waals surface area contributed by atoms with Crippen LogP contribution >= 0.6 is 15.9 Å². The molecular formula is C15H19BrO4S. The van der Waals surface area contributed by atoms with Gasteiger partial charge >= 0.3 is 5.97 Å². The lowest BCUT2D eigenvalue weighted by Crippen LogP contribution is -2.21. The number of methoxy groups -OCH3 is 1. The number of rotatable bonds is 8. The molecule has 0 amide bonds. The molecule has 1 aliphatic rings. The molecule has 0 aliphatic heterocycles. The van der Waals surface area contributed by atoms with Crippen molar-refractivity contribution in [2.45, 2.75) is 19.3 Å². The number of carbonyl (C=O) groups excluding carboxylic acids is 1. The Balaban J connectivity index is 1.70. The van der Waals surface area contributed by atoms with E-state index in [1.165, 1.54) is 7.11 Å². The van der Waals surface area contributed by atoms with Crippen molar-refractivity contribution in [3.05, 3.63) is 28.7 Å². The highest BCUT2D eigenvalue weighted by atomic mass is 79.9. The zero-order valence-corrected chi connectivity index (χ0v) is 14.4. The third-order valence-corrected chi connectivity index (χ3v) is 5.65. The van der Waals surface area contributed by atoms with Gasteiger partial charge in [0.05, 0.1) is 25.9 Å². The molecule has 0 radical (unpaired) electrons. The zero-order valence-electron chi connectivity index (χ0n) is 12.0. The van der Waals surface area contributed by atoms with Crippen molar-refractivity contribution in [3.8, 4) is 5.75 Å². The van der Waals surface area contributed by atoms with Crippen molar-refractivity contribution in [1.82, 2.24) is 0 Å². The number of esters is 1. The summed E-state index contributed by atoms with van der Waals surface area (Å²) in [4.78, 5) is 11.3. The molecule has 1 atom stereocenters. The number of benzene rings is 1. The average molecular weight is 375 g/mol. The van der Waals surface area contributed by atoms with Gasteiger partial charge in [0.2, 0.25) is 0 Å². The quantitative estimate of drug-likeness (QED) is 0.656. The summed E-state index contributed by atoms with van der Waals surface area (Å²) in [6, 6.07) is 7.54. The maximum absolute atomic E-state index is 12.1. The van der Waals surface area contributed by atoms with Gasteiger partial charge in [0.15, 0.2) is 0 Å². The molecule has 0 heterocycles. The first-order valence-corrected chi connectivity index (χ1v) is 9.11. The van der Waals surface area contributed by atoms with Crippen molar-refractivity contribution in [1.29, 1.82) is 0 Å². The third kappa shape index (κ3) is 5.43. The summed E-state index contributed by atoms with van der Waals surface area (Å²) in [5.74, 6) is 1.60. The van der Waals surface area contributed by atoms with E-state index in [2.05, 4.69) is 20.7 Å². The summed E-state index contributed by atoms with van der Waals surface area (Å²) < 4.78 is 23.3. The minimum atomic E-state index is -0.965. The van der Waals surface area contributed by atoms with Gasteiger partial charge in [-0.2, -0.15) is 0 Å². The minimum absolute atomic E-state index is 0.0877. The molecule has 1 aromatic carbocycles. The predicted octanol–water partition coefficient (Wildman–Crippen LogP) is 2.92. The molecule has 1 fully saturated rings. The first-order chi connectivity index (χ1) is 10.0. The molecule has 0 saturated heterocycles. The Hall–Kier alpha value is -0.880. The molecule has 6 heteroatoms. The number of hydrogen-bond acceptors (Lipinski definition) is 4. The maximum Gasteiger partial charge on any atom is 0.306 e. The Kier molecular flexibility index (Phi) is 5.81. The Morgan fingerprint density at radius 2 is 2.00 bits per heavy atom. The number of ether oxygens (including phenoxy) is 2. The lowest BCUT2D eigenvalue weighted by molar-refractivity contribution is -0.141. The highest BCUT2D eigenvalue weighted by Crippen LogP contribution is 2.49. The predicted molar refractivity (Wildman–Crippen MR) is 85.8 cm³/mol. The number of halogens is 1. The van der Waals surface area contributed by atoms with E-state index in [-0.39, 0.29) is 11.4 Å². The molecule has 2 rings (SSSR count). The van der Waals surface area contributed by atoms with Crippen molar-refractivity contribution >= 4 is 32.7 Å². The van der Waals surface area contributed by atoms with Gasteiger partial charge < -0.3 is 9.47 Å². The summed E-state index contributed by atoms with van der Waals surface area (Å²) in [5.41, 5.74) is -0.0877. The molecule has 0 spiro atoms. The maximum atomic E-state index is 12.1. The van der Waals surface area contributed by atoms with Crippen LogP contribution in [-0.4, -0.2) is 35.4 Å². The smallest absolute Gasteiger partial charge is 0.306 e. The van der Waals surface area contributed by atoms with Crippen molar-refractivity contribution in [2.24, 2.45) is 5.41 Å². The molecule has 1 saturated carbocycles. The normalized spacial score (nSPS) is 17.0. The van der Waals surface area contributed by atoms with Gasteiger partial charge in [-0.3, -0.25) is 9.00 Å². The van der Waals surface area contributed by atoms with E-state index in [1.54, 1.807) is 0 Å². The number of carbonyl (C=O) groups is 1. The summed E-state index contributed by atoms with van der Waals surface area (Å²) in [6.07, 6.45) is 2.30. The molecule has 4 nitrogen and oxygen atoms in total. The summed E-state index contributed by atoms with van der Waals surface area (Å²) >= 11 is 3.36. The average Bonchev–Trinajstić information content (AvgIpc) is 3.20. The molecule has 116 valence electrons. The van der Waals surface area contributed by atoms with E-state index in [0.717, 1.165) is 23.1 Å². The zero-order chi connectivity index (χ0) is 15.3. The lowest BCUT2D eigenvalue weighted by atomic mass is 10.1. The van der Waals surface area contributed by atoms with E-state index in [1.807, 2.05) is 24.3 Å². The first kappa shape index (κ1) is 16.5. The fourth-order valence-electron chi connectivity index (χ4n) is 2.12. The van der Waals surface area contributed by atoms with Crippen LogP contribution in [0.2, 0.25) is 0 Å². The van der Waals surface area contributed by atoms with Crippen LogP contribution < -0.4 is 4.74 Å². The molecular weight excluding hydrogens is 356 g/mol. The van der Waals surface area contributed by atoms with Crippen LogP contribution in [0, 0.1) is 5.41 Å². The van der Waals surface area contributed by atoms with Gasteiger partial charge in [-0.15, -0.1) is 0 Å². The second-order valence-electron chi connectivity index (χ2n) is 5.34. The van der Waals surface area contributed by atoms with Crippen LogP contribution in [0.1, 0.15) is 19.3 Å². The van der Waals surface area contributed by atoms with Crippen LogP contribution in [0.3, 0.4) is 0 Å². The fourth-order valence-corrected chi connectivity index (χ4v) is 3.88. The van der Waals surface area contributed by atoms with Gasteiger partial charge in [-0.1, -0.05) is 15.9 Å². The molecule has 0 N–H and O–H groups in total. The Morgan fingerprint density at radius 1 is 1.33 bits per heavy atom. The topological polar surface area (TPSA) is 52.6 Å². The second-order valence-corrected chi connectivity index (χ2v) is 7.84. The van der Waals surface area contributed by atoms with E-state index in [4.69, 9.17) is 4.74 Å². The molecule has 1 unspecified atom stereocenters. The van der Waals surface area contributed by atoms with E-state index in [0.29, 0.717) is 24.5 Å². The highest BCUT2D eigenvalue weighted by molar-refractivity contribution is 9.10. The Morgan fingerprint density at radius 3 is 2.57 bits per heavy atom. The molecule has 1 aliphatic carbocycles. The van der Waals surface area contributed by atoms with Crippen LogP contribution in [0.25, 0.3) is 0 Å². The van der Waals surface area contributed by atoms with Crippen LogP contribution in [0.5, 0.6) is 5.75 Å². The summed E-state index contributed by atoms with van der Waals surface area (Å²) in [6.45, 7) is 0.419. The Labute approximate surface area is 135 Å². The molecule has 0 aromatic heterocycles. The van der Waals surface area contributed by atoms with Gasteiger partial charge in [-0.25, -0.2) is 0 Å². The van der Waals surface area contributed by atoms with Gasteiger partial charge in [-0.05, 0) is 42.5 Å². The molecule has 1 aromatic rings. The fraction of sp³-hybridized carbons (Fsp3) is 0.533. The second kappa shape index (κ2) is 7.40. The van der Waals surface area contributed by atoms with Gasteiger partial charge in [0.1, 0.15) is 5.75 Å². The van der Waals surface area contributed by atoms with Gasteiger partial charge in [0, 0.05) is 21.0 Å². The highest BCUT2D eigenvalue weighted by Gasteiger charge is 2.45. The van der Waals surface area contributed by atoms with Crippen LogP contribution in [0.4, 0.5) is 0 Å². The minimum Gasteiger partial charge on any atom is -0.493 e. The summed E-state index contributed by atoms with van der Waals surface area (Å²) in [7, 11) is 0.425. The largest absolute Gasteiger partial charge is 0.493 e. The third-order valence-electron chi connectivity index (χ3n) is 3.56. The summed E-state index contributed by atoms with van der Waals surface area (Å²) in [5, 5.41) is 0. The number of hydrogen-bond donors (Lipinski definition) is 0. The molecule has 0 bridgehead atoms. The standard InChI is InChI=1S/C15H19BrO4S/c1-19-14(17)10-15(6-7-15)11-21(18)9-8-20-13-4-2-12(16)3-5-13/h2-5H,6-11H2,1H3. The van der Waals surface area contributed by atoms with Crippen molar-refractivity contribution < 1.29 is 18.5 Å². The van der Waals surface area contributed by atoms with Crippen LogP contribution in [-0.2, 0) is 20.3 Å². The Bertz CT molecular complexity index is 511. The monoisotopic (exact) mass is 374 g/mol. The van der Waals surface area contributed by atoms with Crippen LogP contribution in [0.15, 0.2) is 28.7 Å². The van der Waals surface area contributed by atoms with E-state index < -0.39 is 10.8 Å². The van der Waals surface area contributed by atoms with Crippen molar-refractivity contribution in [3.63, 3.8) is 0 Å². The van der Waals surface area contributed by atoms with E-state index in [9.17, 15) is 9.00 Å². The SMILES string of the molecule is COC(=O)CC1(CS(=O)CCOc2ccc(Br)cc2)CC1. The van der Waals surface area contributed by atoms with E-state index >= 15 is 0 Å².